The van der Waals surface area contributed by atoms with E-state index in [2.05, 4.69) is 5.32 Å². The molecule has 0 spiro atoms. The van der Waals surface area contributed by atoms with Gasteiger partial charge in [0.05, 0.1) is 20.3 Å². The Morgan fingerprint density at radius 2 is 2.00 bits per heavy atom. The number of hydrogen-bond donors (Lipinski definition) is 2. The summed E-state index contributed by atoms with van der Waals surface area (Å²) in [7, 11) is 3.08. The minimum Gasteiger partial charge on any atom is -0.494 e. The molecule has 0 radical (unpaired) electrons. The van der Waals surface area contributed by atoms with Gasteiger partial charge in [-0.1, -0.05) is 12.1 Å². The first kappa shape index (κ1) is 15.5. The van der Waals surface area contributed by atoms with Crippen molar-refractivity contribution in [1.29, 1.82) is 0 Å². The van der Waals surface area contributed by atoms with Crippen molar-refractivity contribution in [3.8, 4) is 5.75 Å². The summed E-state index contributed by atoms with van der Waals surface area (Å²) in [6, 6.07) is 7.18. The normalized spacial score (nSPS) is 13.7. The summed E-state index contributed by atoms with van der Waals surface area (Å²) in [6.45, 7) is 2.18. The Balaban J connectivity index is 2.50. The summed E-state index contributed by atoms with van der Waals surface area (Å²) in [6.07, 6.45) is 0.498. The fourth-order valence-corrected chi connectivity index (χ4v) is 1.62. The van der Waals surface area contributed by atoms with Gasteiger partial charge in [0.1, 0.15) is 11.3 Å². The third-order valence-electron chi connectivity index (χ3n) is 3.16. The number of aliphatic hydroxyl groups is 1. The molecule has 0 fully saturated rings. The summed E-state index contributed by atoms with van der Waals surface area (Å²) >= 11 is 0. The van der Waals surface area contributed by atoms with Gasteiger partial charge in [-0.15, -0.1) is 0 Å². The van der Waals surface area contributed by atoms with Gasteiger partial charge >= 0.3 is 5.97 Å². The predicted molar refractivity (Wildman–Crippen MR) is 72.0 cm³/mol. The van der Waals surface area contributed by atoms with Crippen LogP contribution in [0.4, 0.5) is 0 Å². The number of nitrogens with one attached hydrogen (secondary N) is 1. The molecule has 2 N–H and O–H groups in total. The van der Waals surface area contributed by atoms with Crippen molar-refractivity contribution in [1.82, 2.24) is 5.32 Å². The number of hydrogen-bond acceptors (Lipinski definition) is 5. The molecule has 0 aliphatic carbocycles. The molecule has 0 saturated carbocycles. The van der Waals surface area contributed by atoms with Crippen LogP contribution in [-0.4, -0.2) is 37.4 Å². The molecule has 0 amide bonds. The van der Waals surface area contributed by atoms with Gasteiger partial charge in [-0.25, -0.2) is 0 Å². The molecule has 106 valence electrons. The van der Waals surface area contributed by atoms with E-state index in [1.807, 2.05) is 0 Å². The van der Waals surface area contributed by atoms with Gasteiger partial charge in [0, 0.05) is 6.42 Å². The SMILES string of the molecule is CNC(C)(CCOc1ccc(CO)cc1)C(=O)OC. The Morgan fingerprint density at radius 1 is 1.37 bits per heavy atom. The van der Waals surface area contributed by atoms with Crippen LogP contribution in [0, 0.1) is 0 Å². The van der Waals surface area contributed by atoms with Gasteiger partial charge in [-0.2, -0.15) is 0 Å². The fourth-order valence-electron chi connectivity index (χ4n) is 1.62. The second-order valence-corrected chi connectivity index (χ2v) is 4.47. The van der Waals surface area contributed by atoms with E-state index < -0.39 is 5.54 Å². The van der Waals surface area contributed by atoms with Crippen LogP contribution >= 0.6 is 0 Å². The molecule has 1 atom stereocenters. The topological polar surface area (TPSA) is 67.8 Å². The van der Waals surface area contributed by atoms with Gasteiger partial charge in [0.25, 0.3) is 0 Å². The molecule has 1 aromatic rings. The number of ether oxygens (including phenoxy) is 2. The minimum atomic E-state index is -0.750. The third-order valence-corrected chi connectivity index (χ3v) is 3.16. The summed E-state index contributed by atoms with van der Waals surface area (Å²) < 4.78 is 10.3. The minimum absolute atomic E-state index is 0.0143. The molecule has 0 heterocycles. The van der Waals surface area contributed by atoms with Gasteiger partial charge in [0.15, 0.2) is 0 Å². The first-order chi connectivity index (χ1) is 9.05. The van der Waals surface area contributed by atoms with Crippen LogP contribution in [-0.2, 0) is 16.1 Å². The van der Waals surface area contributed by atoms with E-state index in [-0.39, 0.29) is 12.6 Å². The van der Waals surface area contributed by atoms with Gasteiger partial charge in [-0.05, 0) is 31.7 Å². The first-order valence-corrected chi connectivity index (χ1v) is 6.15. The van der Waals surface area contributed by atoms with Crippen LogP contribution in [0.3, 0.4) is 0 Å². The molecule has 0 saturated heterocycles. The second-order valence-electron chi connectivity index (χ2n) is 4.47. The average Bonchev–Trinajstić information content (AvgIpc) is 2.46. The molecule has 19 heavy (non-hydrogen) atoms. The van der Waals surface area contributed by atoms with Crippen molar-refractivity contribution in [3.63, 3.8) is 0 Å². The molecule has 5 nitrogen and oxygen atoms in total. The number of methoxy groups -OCH3 is 1. The smallest absolute Gasteiger partial charge is 0.325 e. The third kappa shape index (κ3) is 4.22. The Labute approximate surface area is 113 Å². The molecule has 0 aliphatic heterocycles. The summed E-state index contributed by atoms with van der Waals surface area (Å²) in [5.74, 6) is 0.398. The van der Waals surface area contributed by atoms with Crippen molar-refractivity contribution in [2.45, 2.75) is 25.5 Å². The molecule has 1 aromatic carbocycles. The predicted octanol–water partition coefficient (Wildman–Crippen LogP) is 1.10. The van der Waals surface area contributed by atoms with E-state index in [1.165, 1.54) is 7.11 Å². The van der Waals surface area contributed by atoms with E-state index in [0.717, 1.165) is 5.56 Å². The van der Waals surface area contributed by atoms with Gasteiger partial charge < -0.3 is 19.9 Å². The number of benzene rings is 1. The number of carbonyl (C=O) groups is 1. The van der Waals surface area contributed by atoms with E-state index in [9.17, 15) is 4.79 Å². The lowest BCUT2D eigenvalue weighted by Crippen LogP contribution is -2.49. The van der Waals surface area contributed by atoms with Crippen molar-refractivity contribution in [2.24, 2.45) is 0 Å². The lowest BCUT2D eigenvalue weighted by molar-refractivity contribution is -0.148. The first-order valence-electron chi connectivity index (χ1n) is 6.15. The van der Waals surface area contributed by atoms with Gasteiger partial charge in [0.2, 0.25) is 0 Å². The highest BCUT2D eigenvalue weighted by atomic mass is 16.5. The average molecular weight is 267 g/mol. The number of carbonyl (C=O) groups excluding carboxylic acids is 1. The lowest BCUT2D eigenvalue weighted by Gasteiger charge is -2.25. The molecule has 0 bridgehead atoms. The summed E-state index contributed by atoms with van der Waals surface area (Å²) in [4.78, 5) is 11.6. The standard InChI is InChI=1S/C14H21NO4/c1-14(15-2,13(17)18-3)8-9-19-12-6-4-11(10-16)5-7-12/h4-7,15-16H,8-10H2,1-3H3. The Kier molecular flexibility index (Phi) is 5.79. The van der Waals surface area contributed by atoms with Crippen LogP contribution in [0.5, 0.6) is 5.75 Å². The number of likely N-dealkylation sites (N-methyl/N-ethyl adjacent to an activating group) is 1. The fraction of sp³-hybridized carbons (Fsp3) is 0.500. The zero-order chi connectivity index (χ0) is 14.3. The van der Waals surface area contributed by atoms with E-state index in [4.69, 9.17) is 14.6 Å². The highest BCUT2D eigenvalue weighted by molar-refractivity contribution is 5.80. The number of rotatable bonds is 7. The summed E-state index contributed by atoms with van der Waals surface area (Å²) in [5, 5.41) is 11.9. The zero-order valence-electron chi connectivity index (χ0n) is 11.6. The Hall–Kier alpha value is -1.59. The maximum absolute atomic E-state index is 11.6. The van der Waals surface area contributed by atoms with Crippen LogP contribution in [0.25, 0.3) is 0 Å². The molecular weight excluding hydrogens is 246 g/mol. The second kappa shape index (κ2) is 7.11. The number of esters is 1. The largest absolute Gasteiger partial charge is 0.494 e. The monoisotopic (exact) mass is 267 g/mol. The van der Waals surface area contributed by atoms with Crippen molar-refractivity contribution < 1.29 is 19.4 Å². The summed E-state index contributed by atoms with van der Waals surface area (Å²) in [5.41, 5.74) is 0.0850. The van der Waals surface area contributed by atoms with Crippen molar-refractivity contribution >= 4 is 5.97 Å². The lowest BCUT2D eigenvalue weighted by atomic mass is 9.99. The maximum Gasteiger partial charge on any atom is 0.325 e. The molecule has 0 aromatic heterocycles. The van der Waals surface area contributed by atoms with Crippen LogP contribution < -0.4 is 10.1 Å². The highest BCUT2D eigenvalue weighted by Gasteiger charge is 2.32. The quantitative estimate of drug-likeness (QED) is 0.724. The van der Waals surface area contributed by atoms with E-state index in [1.54, 1.807) is 38.2 Å². The Morgan fingerprint density at radius 3 is 2.47 bits per heavy atom. The highest BCUT2D eigenvalue weighted by Crippen LogP contribution is 2.15. The molecule has 0 aliphatic rings. The molecule has 5 heteroatoms. The zero-order valence-corrected chi connectivity index (χ0v) is 11.6. The van der Waals surface area contributed by atoms with Crippen molar-refractivity contribution in [3.05, 3.63) is 29.8 Å². The molecule has 1 unspecified atom stereocenters. The molecule has 1 rings (SSSR count). The molecular formula is C14H21NO4. The maximum atomic E-state index is 11.6. The van der Waals surface area contributed by atoms with E-state index >= 15 is 0 Å². The van der Waals surface area contributed by atoms with Crippen LogP contribution in [0.2, 0.25) is 0 Å². The van der Waals surface area contributed by atoms with Gasteiger partial charge in [-0.3, -0.25) is 4.79 Å². The van der Waals surface area contributed by atoms with Crippen molar-refractivity contribution in [2.75, 3.05) is 20.8 Å². The van der Waals surface area contributed by atoms with E-state index in [0.29, 0.717) is 18.8 Å². The van der Waals surface area contributed by atoms with Crippen LogP contribution in [0.1, 0.15) is 18.9 Å². The van der Waals surface area contributed by atoms with Crippen LogP contribution in [0.15, 0.2) is 24.3 Å². The Bertz CT molecular complexity index is 404. The number of aliphatic hydroxyl groups excluding tert-OH is 1.